The minimum absolute atomic E-state index is 0.106. The fourth-order valence-corrected chi connectivity index (χ4v) is 3.67. The molecule has 3 aromatic heterocycles. The first-order valence-electron chi connectivity index (χ1n) is 9.94. The highest BCUT2D eigenvalue weighted by Gasteiger charge is 2.32. The molecule has 10 heteroatoms. The molecule has 0 saturated heterocycles. The molecule has 31 heavy (non-hydrogen) atoms. The third-order valence-electron chi connectivity index (χ3n) is 5.35. The lowest BCUT2D eigenvalue weighted by Crippen LogP contribution is -2.40. The average Bonchev–Trinajstić information content (AvgIpc) is 2.99. The number of alkyl halides is 2. The van der Waals surface area contributed by atoms with E-state index in [-0.39, 0.29) is 18.1 Å². The highest BCUT2D eigenvalue weighted by molar-refractivity contribution is 5.98. The first kappa shape index (κ1) is 21.1. The van der Waals surface area contributed by atoms with Crippen molar-refractivity contribution in [3.63, 3.8) is 0 Å². The third-order valence-corrected chi connectivity index (χ3v) is 5.35. The summed E-state index contributed by atoms with van der Waals surface area (Å²) in [7, 11) is 3.49. The molecule has 4 rings (SSSR count). The van der Waals surface area contributed by atoms with Crippen molar-refractivity contribution in [1.29, 1.82) is 0 Å². The summed E-state index contributed by atoms with van der Waals surface area (Å²) in [4.78, 5) is 23.9. The summed E-state index contributed by atoms with van der Waals surface area (Å²) in [6, 6.07) is 3.48. The molecule has 0 spiro atoms. The lowest BCUT2D eigenvalue weighted by atomic mass is 9.89. The van der Waals surface area contributed by atoms with E-state index in [0.29, 0.717) is 22.9 Å². The van der Waals surface area contributed by atoms with Crippen LogP contribution in [0, 0.1) is 0 Å². The number of fused-ring (bicyclic) bond motifs is 1. The van der Waals surface area contributed by atoms with Crippen molar-refractivity contribution >= 4 is 28.4 Å². The van der Waals surface area contributed by atoms with Crippen LogP contribution in [-0.2, 0) is 22.5 Å². The van der Waals surface area contributed by atoms with E-state index in [2.05, 4.69) is 25.6 Å². The van der Waals surface area contributed by atoms with Crippen LogP contribution in [0.3, 0.4) is 0 Å². The summed E-state index contributed by atoms with van der Waals surface area (Å²) in [5, 5.41) is 6.60. The van der Waals surface area contributed by atoms with Crippen LogP contribution in [0.4, 0.5) is 20.4 Å². The molecular formula is C21H24F2N6O2. The number of nitrogens with zero attached hydrogens (tertiary/aromatic N) is 4. The van der Waals surface area contributed by atoms with E-state index in [4.69, 9.17) is 4.74 Å². The number of methoxy groups -OCH3 is 1. The van der Waals surface area contributed by atoms with Crippen LogP contribution in [0.25, 0.3) is 22.2 Å². The Morgan fingerprint density at radius 3 is 2.65 bits per heavy atom. The molecule has 3 heterocycles. The van der Waals surface area contributed by atoms with E-state index in [1.807, 2.05) is 11.6 Å². The average molecular weight is 430 g/mol. The van der Waals surface area contributed by atoms with E-state index in [9.17, 15) is 13.6 Å². The number of amides is 1. The van der Waals surface area contributed by atoms with E-state index in [1.165, 1.54) is 6.92 Å². The molecule has 0 aromatic carbocycles. The van der Waals surface area contributed by atoms with Gasteiger partial charge in [0.15, 0.2) is 0 Å². The van der Waals surface area contributed by atoms with Crippen LogP contribution in [-0.4, -0.2) is 44.7 Å². The summed E-state index contributed by atoms with van der Waals surface area (Å²) in [6.45, 7) is 2.17. The first-order valence-corrected chi connectivity index (χ1v) is 9.94. The molecule has 0 radical (unpaired) electrons. The molecule has 1 saturated carbocycles. The van der Waals surface area contributed by atoms with Gasteiger partial charge in [-0.25, -0.2) is 15.0 Å². The van der Waals surface area contributed by atoms with Gasteiger partial charge in [0.2, 0.25) is 11.7 Å². The molecule has 3 aromatic rings. The Morgan fingerprint density at radius 2 is 2.00 bits per heavy atom. The molecular weight excluding hydrogens is 406 g/mol. The number of pyridine rings is 1. The van der Waals surface area contributed by atoms with E-state index < -0.39 is 11.7 Å². The zero-order chi connectivity index (χ0) is 22.3. The van der Waals surface area contributed by atoms with Gasteiger partial charge in [-0.1, -0.05) is 0 Å². The molecule has 1 amide bonds. The Balaban J connectivity index is 1.78. The van der Waals surface area contributed by atoms with Crippen molar-refractivity contribution in [2.75, 3.05) is 17.7 Å². The number of aryl methyl sites for hydroxylation is 1. The molecule has 0 bridgehead atoms. The van der Waals surface area contributed by atoms with Gasteiger partial charge in [0.25, 0.3) is 0 Å². The molecule has 1 aliphatic carbocycles. The summed E-state index contributed by atoms with van der Waals surface area (Å²) < 4.78 is 35.5. The lowest BCUT2D eigenvalue weighted by molar-refractivity contribution is -0.114. The van der Waals surface area contributed by atoms with Crippen molar-refractivity contribution in [2.45, 2.75) is 44.8 Å². The Hall–Kier alpha value is -3.14. The smallest absolute Gasteiger partial charge is 0.303 e. The number of aromatic nitrogens is 4. The number of halogens is 2. The monoisotopic (exact) mass is 430 g/mol. The maximum atomic E-state index is 14.2. The largest absolute Gasteiger partial charge is 0.381 e. The molecule has 2 N–H and O–H groups in total. The highest BCUT2D eigenvalue weighted by Crippen LogP contribution is 2.34. The topological polar surface area (TPSA) is 94.0 Å². The van der Waals surface area contributed by atoms with Gasteiger partial charge in [-0.3, -0.25) is 4.79 Å². The van der Waals surface area contributed by atoms with E-state index in [0.717, 1.165) is 30.7 Å². The van der Waals surface area contributed by atoms with Crippen LogP contribution in [0.2, 0.25) is 0 Å². The van der Waals surface area contributed by atoms with Gasteiger partial charge in [-0.15, -0.1) is 0 Å². The number of hydrogen-bond donors (Lipinski definition) is 2. The maximum Gasteiger partial charge on any atom is 0.303 e. The molecule has 0 atom stereocenters. The van der Waals surface area contributed by atoms with Gasteiger partial charge >= 0.3 is 5.92 Å². The lowest BCUT2D eigenvalue weighted by Gasteiger charge is -2.35. The second-order valence-corrected chi connectivity index (χ2v) is 7.94. The third kappa shape index (κ3) is 4.34. The SMILES string of the molecule is COC1CC(Nc2cc(-c3cn(C)c4cnc(NC(C)=O)cc34)nc(C(C)(F)F)n2)C1. The van der Waals surface area contributed by atoms with Crippen molar-refractivity contribution in [2.24, 2.45) is 7.05 Å². The van der Waals surface area contributed by atoms with Crippen LogP contribution in [0.1, 0.15) is 32.5 Å². The van der Waals surface area contributed by atoms with Gasteiger partial charge in [0, 0.05) is 57.3 Å². The molecule has 164 valence electrons. The zero-order valence-electron chi connectivity index (χ0n) is 17.7. The Bertz CT molecular complexity index is 1130. The quantitative estimate of drug-likeness (QED) is 0.620. The second kappa shape index (κ2) is 7.84. The van der Waals surface area contributed by atoms with E-state index >= 15 is 0 Å². The number of hydrogen-bond acceptors (Lipinski definition) is 6. The maximum absolute atomic E-state index is 14.2. The molecule has 1 fully saturated rings. The molecule has 0 unspecified atom stereocenters. The summed E-state index contributed by atoms with van der Waals surface area (Å²) in [6.07, 6.45) is 5.17. The number of carbonyl (C=O) groups is 1. The van der Waals surface area contributed by atoms with Gasteiger partial charge in [-0.2, -0.15) is 8.78 Å². The Labute approximate surface area is 178 Å². The Kier molecular flexibility index (Phi) is 5.34. The normalized spacial score (nSPS) is 18.6. The molecule has 1 aliphatic rings. The number of rotatable bonds is 6. The fourth-order valence-electron chi connectivity index (χ4n) is 3.67. The molecule has 8 nitrogen and oxygen atoms in total. The first-order chi connectivity index (χ1) is 14.6. The predicted octanol–water partition coefficient (Wildman–Crippen LogP) is 3.69. The van der Waals surface area contributed by atoms with Gasteiger partial charge in [0.1, 0.15) is 11.6 Å². The van der Waals surface area contributed by atoms with Crippen molar-refractivity contribution in [3.8, 4) is 11.3 Å². The number of nitrogens with one attached hydrogen (secondary N) is 2. The molecule has 0 aliphatic heterocycles. The highest BCUT2D eigenvalue weighted by atomic mass is 19.3. The van der Waals surface area contributed by atoms with Crippen molar-refractivity contribution < 1.29 is 18.3 Å². The second-order valence-electron chi connectivity index (χ2n) is 7.94. The van der Waals surface area contributed by atoms with Crippen molar-refractivity contribution in [3.05, 3.63) is 30.4 Å². The Morgan fingerprint density at radius 1 is 1.26 bits per heavy atom. The summed E-state index contributed by atoms with van der Waals surface area (Å²) in [5.74, 6) is -3.28. The van der Waals surface area contributed by atoms with Crippen molar-refractivity contribution in [1.82, 2.24) is 19.5 Å². The summed E-state index contributed by atoms with van der Waals surface area (Å²) in [5.41, 5.74) is 1.79. The summed E-state index contributed by atoms with van der Waals surface area (Å²) >= 11 is 0. The minimum atomic E-state index is -3.20. The standard InChI is InChI=1S/C21H24F2N6O2/c1-11(30)25-18-7-14-15(10-29(3)17(14)9-24-18)16-8-19(26-12-5-13(6-12)31-4)28-20(27-16)21(2,22)23/h7-10,12-13H,5-6H2,1-4H3,(H,24,25,30)(H,26,27,28). The van der Waals surface area contributed by atoms with Gasteiger partial charge in [-0.05, 0) is 18.9 Å². The van der Waals surface area contributed by atoms with Crippen LogP contribution in [0.15, 0.2) is 24.5 Å². The van der Waals surface area contributed by atoms with Crippen LogP contribution < -0.4 is 10.6 Å². The number of carbonyl (C=O) groups excluding carboxylic acids is 1. The van der Waals surface area contributed by atoms with E-state index in [1.54, 1.807) is 31.6 Å². The zero-order valence-corrected chi connectivity index (χ0v) is 17.7. The predicted molar refractivity (Wildman–Crippen MR) is 113 cm³/mol. The van der Waals surface area contributed by atoms with Gasteiger partial charge < -0.3 is 19.9 Å². The fraction of sp³-hybridized carbons (Fsp3) is 0.429. The minimum Gasteiger partial charge on any atom is -0.381 e. The van der Waals surface area contributed by atoms with Gasteiger partial charge in [0.05, 0.1) is 23.5 Å². The number of ether oxygens (including phenoxy) is 1. The van der Waals surface area contributed by atoms with Crippen LogP contribution in [0.5, 0.6) is 0 Å². The number of anilines is 2. The van der Waals surface area contributed by atoms with Crippen LogP contribution >= 0.6 is 0 Å².